The predicted octanol–water partition coefficient (Wildman–Crippen LogP) is 2.95. The Balaban J connectivity index is 2.01. The van der Waals surface area contributed by atoms with E-state index in [4.69, 9.17) is 4.74 Å². The number of esters is 1. The lowest BCUT2D eigenvalue weighted by atomic mass is 10.1. The predicted molar refractivity (Wildman–Crippen MR) is 58.6 cm³/mol. The zero-order valence-corrected chi connectivity index (χ0v) is 8.61. The van der Waals surface area contributed by atoms with Gasteiger partial charge in [-0.3, -0.25) is 4.79 Å². The highest BCUT2D eigenvalue weighted by Gasteiger charge is 2.27. The van der Waals surface area contributed by atoms with Gasteiger partial charge in [-0.25, -0.2) is 0 Å². The van der Waals surface area contributed by atoms with E-state index in [-0.39, 0.29) is 11.9 Å². The largest absolute Gasteiger partial charge is 0.426 e. The van der Waals surface area contributed by atoms with E-state index in [1.165, 1.54) is 0 Å². The molecule has 0 heterocycles. The summed E-state index contributed by atoms with van der Waals surface area (Å²) in [6.45, 7) is 3.90. The van der Waals surface area contributed by atoms with Crippen molar-refractivity contribution in [1.82, 2.24) is 0 Å². The lowest BCUT2D eigenvalue weighted by molar-refractivity contribution is -0.137. The van der Waals surface area contributed by atoms with Gasteiger partial charge in [0, 0.05) is 0 Å². The van der Waals surface area contributed by atoms with Crippen molar-refractivity contribution < 1.29 is 9.53 Å². The Kier molecular flexibility index (Phi) is 2.86. The summed E-state index contributed by atoms with van der Waals surface area (Å²) in [5, 5.41) is 0. The molecule has 78 valence electrons. The van der Waals surface area contributed by atoms with Crippen LogP contribution < -0.4 is 4.74 Å². The second-order valence-corrected chi connectivity index (χ2v) is 3.84. The number of rotatable bonds is 2. The fraction of sp³-hybridized carbons (Fsp3) is 0.308. The number of para-hydroxylation sites is 1. The molecule has 0 N–H and O–H groups in total. The van der Waals surface area contributed by atoms with Crippen LogP contribution in [0, 0.1) is 5.92 Å². The molecule has 0 aliphatic heterocycles. The molecular formula is C13H14O2. The van der Waals surface area contributed by atoms with Crippen molar-refractivity contribution in [1.29, 1.82) is 0 Å². The molecule has 1 aliphatic carbocycles. The molecule has 1 aromatic carbocycles. The van der Waals surface area contributed by atoms with Crippen LogP contribution in [0.25, 0.3) is 0 Å². The van der Waals surface area contributed by atoms with E-state index >= 15 is 0 Å². The van der Waals surface area contributed by atoms with E-state index in [9.17, 15) is 4.79 Å². The van der Waals surface area contributed by atoms with Gasteiger partial charge in [-0.15, -0.1) is 0 Å². The van der Waals surface area contributed by atoms with E-state index in [0.717, 1.165) is 24.8 Å². The third-order valence-electron chi connectivity index (χ3n) is 2.73. The summed E-state index contributed by atoms with van der Waals surface area (Å²) >= 11 is 0. The average molecular weight is 202 g/mol. The van der Waals surface area contributed by atoms with E-state index in [1.54, 1.807) is 12.1 Å². The SMILES string of the molecule is C=C1CCCC1C(=O)Oc1ccccc1. The Bertz CT molecular complexity index is 367. The van der Waals surface area contributed by atoms with Crippen LogP contribution in [-0.2, 0) is 4.79 Å². The van der Waals surface area contributed by atoms with Crippen molar-refractivity contribution in [3.05, 3.63) is 42.5 Å². The quantitative estimate of drug-likeness (QED) is 0.418. The smallest absolute Gasteiger partial charge is 0.318 e. The third kappa shape index (κ3) is 2.27. The van der Waals surface area contributed by atoms with Crippen LogP contribution in [0.2, 0.25) is 0 Å². The Hall–Kier alpha value is -1.57. The second-order valence-electron chi connectivity index (χ2n) is 3.84. The third-order valence-corrected chi connectivity index (χ3v) is 2.73. The van der Waals surface area contributed by atoms with Crippen LogP contribution in [0.4, 0.5) is 0 Å². The molecule has 0 radical (unpaired) electrons. The van der Waals surface area contributed by atoms with Crippen LogP contribution in [-0.4, -0.2) is 5.97 Å². The highest BCUT2D eigenvalue weighted by molar-refractivity contribution is 5.78. The lowest BCUT2D eigenvalue weighted by Crippen LogP contribution is -2.18. The molecule has 0 saturated heterocycles. The number of benzene rings is 1. The van der Waals surface area contributed by atoms with E-state index < -0.39 is 0 Å². The van der Waals surface area contributed by atoms with Crippen LogP contribution in [0.15, 0.2) is 42.5 Å². The minimum absolute atomic E-state index is 0.0924. The summed E-state index contributed by atoms with van der Waals surface area (Å²) in [5.41, 5.74) is 1.01. The van der Waals surface area contributed by atoms with Gasteiger partial charge in [-0.05, 0) is 31.4 Å². The number of carbonyl (C=O) groups is 1. The van der Waals surface area contributed by atoms with Crippen molar-refractivity contribution in [3.8, 4) is 5.75 Å². The first-order valence-electron chi connectivity index (χ1n) is 5.22. The topological polar surface area (TPSA) is 26.3 Å². The van der Waals surface area contributed by atoms with Crippen LogP contribution in [0.5, 0.6) is 5.75 Å². The molecule has 0 bridgehead atoms. The van der Waals surface area contributed by atoms with Crippen LogP contribution in [0.1, 0.15) is 19.3 Å². The lowest BCUT2D eigenvalue weighted by Gasteiger charge is -2.10. The van der Waals surface area contributed by atoms with Gasteiger partial charge in [-0.2, -0.15) is 0 Å². The highest BCUT2D eigenvalue weighted by Crippen LogP contribution is 2.30. The summed E-state index contributed by atoms with van der Waals surface area (Å²) in [7, 11) is 0. The number of hydrogen-bond acceptors (Lipinski definition) is 2. The normalized spacial score (nSPS) is 20.3. The van der Waals surface area contributed by atoms with Gasteiger partial charge in [0.25, 0.3) is 0 Å². The van der Waals surface area contributed by atoms with Gasteiger partial charge < -0.3 is 4.74 Å². The van der Waals surface area contributed by atoms with Crippen molar-refractivity contribution in [2.24, 2.45) is 5.92 Å². The van der Waals surface area contributed by atoms with Crippen molar-refractivity contribution in [3.63, 3.8) is 0 Å². The molecule has 1 unspecified atom stereocenters. The first-order valence-corrected chi connectivity index (χ1v) is 5.22. The van der Waals surface area contributed by atoms with E-state index in [2.05, 4.69) is 6.58 Å². The molecule has 1 atom stereocenters. The molecule has 1 fully saturated rings. The summed E-state index contributed by atoms with van der Waals surface area (Å²) in [4.78, 5) is 11.7. The molecule has 2 nitrogen and oxygen atoms in total. The first-order chi connectivity index (χ1) is 7.27. The van der Waals surface area contributed by atoms with Gasteiger partial charge in [0.15, 0.2) is 0 Å². The van der Waals surface area contributed by atoms with Gasteiger partial charge in [-0.1, -0.05) is 30.4 Å². The van der Waals surface area contributed by atoms with Crippen molar-refractivity contribution >= 4 is 5.97 Å². The summed E-state index contributed by atoms with van der Waals surface area (Å²) in [6, 6.07) is 9.18. The standard InChI is InChI=1S/C13H14O2/c1-10-6-5-9-12(10)13(14)15-11-7-3-2-4-8-11/h2-4,7-8,12H,1,5-6,9H2. The molecular weight excluding hydrogens is 188 g/mol. The van der Waals surface area contributed by atoms with Gasteiger partial charge in [0.05, 0.1) is 5.92 Å². The maximum Gasteiger partial charge on any atom is 0.318 e. The van der Waals surface area contributed by atoms with Crippen LogP contribution >= 0.6 is 0 Å². The minimum atomic E-state index is -0.163. The fourth-order valence-corrected chi connectivity index (χ4v) is 1.87. The molecule has 15 heavy (non-hydrogen) atoms. The molecule has 2 rings (SSSR count). The Morgan fingerprint density at radius 2 is 2.07 bits per heavy atom. The first kappa shape index (κ1) is 9.97. The molecule has 1 aromatic rings. The summed E-state index contributed by atoms with van der Waals surface area (Å²) in [5.74, 6) is 0.358. The molecule has 1 aliphatic rings. The monoisotopic (exact) mass is 202 g/mol. The molecule has 0 spiro atoms. The summed E-state index contributed by atoms with van der Waals surface area (Å²) in [6.07, 6.45) is 2.88. The van der Waals surface area contributed by atoms with E-state index in [0.29, 0.717) is 5.75 Å². The molecule has 2 heteroatoms. The second kappa shape index (κ2) is 4.30. The molecule has 0 aromatic heterocycles. The Morgan fingerprint density at radius 1 is 1.33 bits per heavy atom. The Labute approximate surface area is 89.6 Å². The average Bonchev–Trinajstić information content (AvgIpc) is 2.66. The molecule has 0 amide bonds. The molecule has 1 saturated carbocycles. The zero-order chi connectivity index (χ0) is 10.7. The number of carbonyl (C=O) groups excluding carboxylic acids is 1. The maximum atomic E-state index is 11.7. The van der Waals surface area contributed by atoms with Gasteiger partial charge in [0.2, 0.25) is 0 Å². The van der Waals surface area contributed by atoms with E-state index in [1.807, 2.05) is 18.2 Å². The number of ether oxygens (including phenoxy) is 1. The summed E-state index contributed by atoms with van der Waals surface area (Å²) < 4.78 is 5.27. The van der Waals surface area contributed by atoms with Gasteiger partial charge in [0.1, 0.15) is 5.75 Å². The van der Waals surface area contributed by atoms with Gasteiger partial charge >= 0.3 is 5.97 Å². The van der Waals surface area contributed by atoms with Crippen LogP contribution in [0.3, 0.4) is 0 Å². The minimum Gasteiger partial charge on any atom is -0.426 e. The fourth-order valence-electron chi connectivity index (χ4n) is 1.87. The Morgan fingerprint density at radius 3 is 2.67 bits per heavy atom. The highest BCUT2D eigenvalue weighted by atomic mass is 16.5. The zero-order valence-electron chi connectivity index (χ0n) is 8.61. The van der Waals surface area contributed by atoms with Crippen molar-refractivity contribution in [2.75, 3.05) is 0 Å². The number of hydrogen-bond donors (Lipinski definition) is 0. The van der Waals surface area contributed by atoms with Crippen molar-refractivity contribution in [2.45, 2.75) is 19.3 Å². The maximum absolute atomic E-state index is 11.7.